The largest absolute Gasteiger partial charge is 0.492 e. The van der Waals surface area contributed by atoms with Crippen LogP contribution in [0.2, 0.25) is 0 Å². The number of para-hydroxylation sites is 2. The third-order valence-electron chi connectivity index (χ3n) is 5.40. The Bertz CT molecular complexity index is 1010. The highest BCUT2D eigenvalue weighted by atomic mass is 16.5. The van der Waals surface area contributed by atoms with Gasteiger partial charge in [-0.3, -0.25) is 4.79 Å². The van der Waals surface area contributed by atoms with Crippen LogP contribution in [0.5, 0.6) is 5.75 Å². The number of imidazole rings is 1. The summed E-state index contributed by atoms with van der Waals surface area (Å²) >= 11 is 0. The van der Waals surface area contributed by atoms with Gasteiger partial charge in [-0.1, -0.05) is 44.2 Å². The first-order valence-electron chi connectivity index (χ1n) is 11.2. The van der Waals surface area contributed by atoms with Gasteiger partial charge in [-0.2, -0.15) is 0 Å². The van der Waals surface area contributed by atoms with Crippen molar-refractivity contribution in [3.05, 3.63) is 72.1 Å². The van der Waals surface area contributed by atoms with Gasteiger partial charge < -0.3 is 14.6 Å². The van der Waals surface area contributed by atoms with Crippen LogP contribution in [0.4, 0.5) is 0 Å². The molecular formula is C26H33N3O2. The molecule has 1 heterocycles. The van der Waals surface area contributed by atoms with Crippen LogP contribution in [0, 0.1) is 0 Å². The fraction of sp³-hybridized carbons (Fsp3) is 0.385. The molecule has 1 amide bonds. The van der Waals surface area contributed by atoms with Crippen molar-refractivity contribution in [3.8, 4) is 5.75 Å². The van der Waals surface area contributed by atoms with Crippen molar-refractivity contribution in [1.29, 1.82) is 0 Å². The molecule has 0 bridgehead atoms. The minimum absolute atomic E-state index is 0.0638. The third-order valence-corrected chi connectivity index (χ3v) is 5.40. The number of carbonyl (C=O) groups is 1. The number of nitrogens with zero attached hydrogens (tertiary/aromatic N) is 2. The second-order valence-corrected chi connectivity index (χ2v) is 7.86. The Morgan fingerprint density at radius 1 is 1.10 bits per heavy atom. The normalized spacial score (nSPS) is 10.9. The first-order chi connectivity index (χ1) is 15.1. The minimum Gasteiger partial charge on any atom is -0.492 e. The van der Waals surface area contributed by atoms with E-state index in [4.69, 9.17) is 9.72 Å². The van der Waals surface area contributed by atoms with Crippen molar-refractivity contribution in [3.63, 3.8) is 0 Å². The van der Waals surface area contributed by atoms with Gasteiger partial charge in [-0.05, 0) is 56.0 Å². The number of hydrogen-bond acceptors (Lipinski definition) is 3. The van der Waals surface area contributed by atoms with E-state index in [0.717, 1.165) is 61.3 Å². The Labute approximate surface area is 185 Å². The first-order valence-corrected chi connectivity index (χ1v) is 11.2. The highest BCUT2D eigenvalue weighted by Gasteiger charge is 2.10. The SMILES string of the molecule is C=C(C)C(=O)NCCCCCc1nc2ccccc2n1CCOc1ccc(CC)cc1. The van der Waals surface area contributed by atoms with E-state index in [-0.39, 0.29) is 5.91 Å². The monoisotopic (exact) mass is 419 g/mol. The van der Waals surface area contributed by atoms with Crippen molar-refractivity contribution >= 4 is 16.9 Å². The number of rotatable bonds is 12. The van der Waals surface area contributed by atoms with E-state index < -0.39 is 0 Å². The standard InChI is InChI=1S/C26H33N3O2/c1-4-21-13-15-22(16-14-21)31-19-18-29-24-11-8-7-10-23(24)28-25(29)12-6-5-9-17-27-26(30)20(2)3/h7-8,10-11,13-16H,2,4-6,9,12,17-19H2,1,3H3,(H,27,30). The van der Waals surface area contributed by atoms with Crippen molar-refractivity contribution in [1.82, 2.24) is 14.9 Å². The molecule has 5 heteroatoms. The molecule has 0 unspecified atom stereocenters. The number of aromatic nitrogens is 2. The summed E-state index contributed by atoms with van der Waals surface area (Å²) in [7, 11) is 0. The molecule has 0 fully saturated rings. The molecule has 5 nitrogen and oxygen atoms in total. The van der Waals surface area contributed by atoms with E-state index in [9.17, 15) is 4.79 Å². The smallest absolute Gasteiger partial charge is 0.246 e. The Morgan fingerprint density at radius 3 is 2.61 bits per heavy atom. The second-order valence-electron chi connectivity index (χ2n) is 7.86. The Hall–Kier alpha value is -3.08. The predicted molar refractivity (Wildman–Crippen MR) is 126 cm³/mol. The molecule has 3 rings (SSSR count). The molecule has 0 saturated carbocycles. The molecule has 1 aromatic heterocycles. The molecule has 0 aliphatic rings. The first kappa shape index (κ1) is 22.6. The number of nitrogens with one attached hydrogen (secondary N) is 1. The fourth-order valence-electron chi connectivity index (χ4n) is 3.58. The molecule has 3 aromatic rings. The number of carbonyl (C=O) groups excluding carboxylic acids is 1. The molecule has 0 saturated heterocycles. The van der Waals surface area contributed by atoms with Gasteiger partial charge in [0.05, 0.1) is 17.6 Å². The van der Waals surface area contributed by atoms with Crippen molar-refractivity contribution < 1.29 is 9.53 Å². The van der Waals surface area contributed by atoms with E-state index in [0.29, 0.717) is 18.7 Å². The molecule has 0 radical (unpaired) electrons. The van der Waals surface area contributed by atoms with Gasteiger partial charge in [0, 0.05) is 18.5 Å². The van der Waals surface area contributed by atoms with Crippen LogP contribution in [-0.2, 0) is 24.2 Å². The van der Waals surface area contributed by atoms with Crippen LogP contribution in [0.15, 0.2) is 60.7 Å². The molecule has 164 valence electrons. The van der Waals surface area contributed by atoms with Gasteiger partial charge >= 0.3 is 0 Å². The van der Waals surface area contributed by atoms with Gasteiger partial charge in [-0.25, -0.2) is 4.98 Å². The van der Waals surface area contributed by atoms with E-state index in [1.807, 2.05) is 18.2 Å². The van der Waals surface area contributed by atoms with Crippen LogP contribution >= 0.6 is 0 Å². The van der Waals surface area contributed by atoms with Gasteiger partial charge in [-0.15, -0.1) is 0 Å². The summed E-state index contributed by atoms with van der Waals surface area (Å²) in [6.07, 6.45) is 4.97. The summed E-state index contributed by atoms with van der Waals surface area (Å²) in [5.74, 6) is 1.93. The fourth-order valence-corrected chi connectivity index (χ4v) is 3.58. The van der Waals surface area contributed by atoms with Crippen LogP contribution in [0.3, 0.4) is 0 Å². The van der Waals surface area contributed by atoms with Crippen LogP contribution in [-0.4, -0.2) is 28.6 Å². The molecular weight excluding hydrogens is 386 g/mol. The van der Waals surface area contributed by atoms with E-state index in [1.54, 1.807) is 6.92 Å². The van der Waals surface area contributed by atoms with Crippen molar-refractivity contribution in [2.75, 3.05) is 13.2 Å². The summed E-state index contributed by atoms with van der Waals surface area (Å²) in [6, 6.07) is 16.6. The third kappa shape index (κ3) is 6.45. The van der Waals surface area contributed by atoms with Gasteiger partial charge in [0.1, 0.15) is 18.2 Å². The van der Waals surface area contributed by atoms with Crippen LogP contribution in [0.25, 0.3) is 11.0 Å². The lowest BCUT2D eigenvalue weighted by Crippen LogP contribution is -2.24. The average Bonchev–Trinajstić information content (AvgIpc) is 3.13. The van der Waals surface area contributed by atoms with E-state index >= 15 is 0 Å². The van der Waals surface area contributed by atoms with Gasteiger partial charge in [0.15, 0.2) is 0 Å². The number of benzene rings is 2. The summed E-state index contributed by atoms with van der Waals surface area (Å²) in [5.41, 5.74) is 4.04. The van der Waals surface area contributed by atoms with Gasteiger partial charge in [0.25, 0.3) is 0 Å². The number of ether oxygens (including phenoxy) is 1. The average molecular weight is 420 g/mol. The summed E-state index contributed by atoms with van der Waals surface area (Å²) in [5, 5.41) is 2.89. The second kappa shape index (κ2) is 11.3. The van der Waals surface area contributed by atoms with Crippen molar-refractivity contribution in [2.24, 2.45) is 0 Å². The van der Waals surface area contributed by atoms with Gasteiger partial charge in [0.2, 0.25) is 5.91 Å². The molecule has 0 spiro atoms. The highest BCUT2D eigenvalue weighted by Crippen LogP contribution is 2.19. The topological polar surface area (TPSA) is 56.2 Å². The molecule has 0 aliphatic heterocycles. The molecule has 2 aromatic carbocycles. The number of aryl methyl sites for hydroxylation is 2. The quantitative estimate of drug-likeness (QED) is 0.329. The lowest BCUT2D eigenvalue weighted by atomic mass is 10.2. The maximum Gasteiger partial charge on any atom is 0.246 e. The maximum absolute atomic E-state index is 11.5. The Morgan fingerprint density at radius 2 is 1.87 bits per heavy atom. The number of amides is 1. The zero-order valence-corrected chi connectivity index (χ0v) is 18.7. The molecule has 1 N–H and O–H groups in total. The summed E-state index contributed by atoms with van der Waals surface area (Å²) < 4.78 is 8.26. The van der Waals surface area contributed by atoms with Crippen LogP contribution < -0.4 is 10.1 Å². The van der Waals surface area contributed by atoms with E-state index in [2.05, 4.69) is 53.7 Å². The zero-order chi connectivity index (χ0) is 22.1. The minimum atomic E-state index is -0.0638. The molecule has 0 atom stereocenters. The number of hydrogen-bond donors (Lipinski definition) is 1. The molecule has 0 aliphatic carbocycles. The highest BCUT2D eigenvalue weighted by molar-refractivity contribution is 5.92. The van der Waals surface area contributed by atoms with Crippen LogP contribution in [0.1, 0.15) is 44.5 Å². The lowest BCUT2D eigenvalue weighted by molar-refractivity contribution is -0.117. The Balaban J connectivity index is 1.54. The zero-order valence-electron chi connectivity index (χ0n) is 18.7. The van der Waals surface area contributed by atoms with E-state index in [1.165, 1.54) is 5.56 Å². The number of unbranched alkanes of at least 4 members (excludes halogenated alkanes) is 2. The summed E-state index contributed by atoms with van der Waals surface area (Å²) in [4.78, 5) is 16.4. The van der Waals surface area contributed by atoms with Crippen molar-refractivity contribution in [2.45, 2.75) is 52.5 Å². The number of fused-ring (bicyclic) bond motifs is 1. The molecule has 31 heavy (non-hydrogen) atoms. The maximum atomic E-state index is 11.5. The lowest BCUT2D eigenvalue weighted by Gasteiger charge is -2.11. The summed E-state index contributed by atoms with van der Waals surface area (Å²) in [6.45, 7) is 9.59. The predicted octanol–water partition coefficient (Wildman–Crippen LogP) is 5.08. The Kier molecular flexibility index (Phi) is 8.27.